The maximum Gasteiger partial charge on any atom is 0.155 e. The first-order chi connectivity index (χ1) is 11.1. The average Bonchev–Trinajstić information content (AvgIpc) is 2.91. The van der Waals surface area contributed by atoms with E-state index in [9.17, 15) is 14.4 Å². The number of Topliss-reactive ketones (excluding diaryl/α,β-unsaturated/α-hetero) is 1. The fraction of sp³-hybridized carbons (Fsp3) is 0.750. The molecule has 23 heavy (non-hydrogen) atoms. The molecule has 0 aromatic rings. The van der Waals surface area contributed by atoms with E-state index in [-0.39, 0.29) is 22.5 Å². The number of ketones is 2. The predicted octanol–water partition coefficient (Wildman–Crippen LogP) is 3.66. The number of hydrogen-bond donors (Lipinski definition) is 0. The largest absolute Gasteiger partial charge is 0.303 e. The van der Waals surface area contributed by atoms with E-state index in [0.29, 0.717) is 30.5 Å². The van der Waals surface area contributed by atoms with Crippen molar-refractivity contribution in [2.75, 3.05) is 0 Å². The van der Waals surface area contributed by atoms with Crippen LogP contribution in [0, 0.1) is 28.6 Å². The van der Waals surface area contributed by atoms with E-state index in [4.69, 9.17) is 0 Å². The van der Waals surface area contributed by atoms with Crippen LogP contribution in [0.15, 0.2) is 11.6 Å². The van der Waals surface area contributed by atoms with Crippen LogP contribution in [0.3, 0.4) is 0 Å². The molecule has 4 aliphatic carbocycles. The highest BCUT2D eigenvalue weighted by molar-refractivity contribution is 5.92. The first kappa shape index (κ1) is 15.3. The zero-order valence-corrected chi connectivity index (χ0v) is 14.0. The van der Waals surface area contributed by atoms with Gasteiger partial charge in [0, 0.05) is 23.7 Å². The van der Waals surface area contributed by atoms with Gasteiger partial charge in [-0.2, -0.15) is 0 Å². The van der Waals surface area contributed by atoms with Gasteiger partial charge in [-0.3, -0.25) is 9.59 Å². The highest BCUT2D eigenvalue weighted by atomic mass is 16.1. The van der Waals surface area contributed by atoms with E-state index in [1.807, 2.05) is 6.08 Å². The van der Waals surface area contributed by atoms with E-state index in [2.05, 4.69) is 6.92 Å². The highest BCUT2D eigenvalue weighted by Crippen LogP contribution is 2.66. The van der Waals surface area contributed by atoms with Crippen molar-refractivity contribution in [3.8, 4) is 0 Å². The standard InChI is InChI=1S/C20H26O3/c1-2-19-9-10-20(12-21)15-6-4-14(22)11-13(15)3-5-17(20)16(19)7-8-18(19)23/h11-12,15-17H,2-10H2,1H3. The van der Waals surface area contributed by atoms with Gasteiger partial charge in [0.15, 0.2) is 5.78 Å². The average molecular weight is 314 g/mol. The van der Waals surface area contributed by atoms with E-state index >= 15 is 0 Å². The molecule has 0 amide bonds. The molecule has 4 rings (SSSR count). The molecule has 0 aromatic carbocycles. The Balaban J connectivity index is 1.76. The predicted molar refractivity (Wildman–Crippen MR) is 86.7 cm³/mol. The number of fused-ring (bicyclic) bond motifs is 5. The monoisotopic (exact) mass is 314 g/mol. The van der Waals surface area contributed by atoms with Crippen molar-refractivity contribution < 1.29 is 14.4 Å². The first-order valence-electron chi connectivity index (χ1n) is 9.30. The fourth-order valence-corrected chi connectivity index (χ4v) is 6.73. The molecular weight excluding hydrogens is 288 g/mol. The van der Waals surface area contributed by atoms with Crippen LogP contribution >= 0.6 is 0 Å². The summed E-state index contributed by atoms with van der Waals surface area (Å²) in [5.74, 6) is 1.66. The van der Waals surface area contributed by atoms with Crippen molar-refractivity contribution >= 4 is 17.9 Å². The Morgan fingerprint density at radius 3 is 2.61 bits per heavy atom. The molecule has 0 bridgehead atoms. The molecule has 0 spiro atoms. The highest BCUT2D eigenvalue weighted by Gasteiger charge is 2.63. The van der Waals surface area contributed by atoms with Crippen molar-refractivity contribution in [1.29, 1.82) is 0 Å². The second-order valence-electron chi connectivity index (χ2n) is 8.23. The van der Waals surface area contributed by atoms with Crippen LogP contribution in [0.4, 0.5) is 0 Å². The smallest absolute Gasteiger partial charge is 0.155 e. The molecule has 4 aliphatic rings. The molecule has 124 valence electrons. The lowest BCUT2D eigenvalue weighted by molar-refractivity contribution is -0.148. The van der Waals surface area contributed by atoms with E-state index in [1.54, 1.807) is 0 Å². The molecule has 3 nitrogen and oxygen atoms in total. The molecular formula is C20H26O3. The SMILES string of the molecule is CCC12CCC3(C=O)C4CCC(=O)C=C4CCC3C1CCC2=O. The van der Waals surface area contributed by atoms with Crippen LogP contribution < -0.4 is 0 Å². The van der Waals surface area contributed by atoms with Gasteiger partial charge in [-0.05, 0) is 68.8 Å². The Bertz CT molecular complexity index is 604. The van der Waals surface area contributed by atoms with E-state index < -0.39 is 0 Å². The molecule has 3 saturated carbocycles. The molecule has 0 radical (unpaired) electrons. The third kappa shape index (κ3) is 1.85. The molecule has 0 heterocycles. The van der Waals surface area contributed by atoms with Gasteiger partial charge in [0.25, 0.3) is 0 Å². The Kier molecular flexibility index (Phi) is 3.40. The van der Waals surface area contributed by atoms with Crippen molar-refractivity contribution in [3.05, 3.63) is 11.6 Å². The van der Waals surface area contributed by atoms with E-state index in [1.165, 1.54) is 11.9 Å². The third-order valence-corrected chi connectivity index (χ3v) is 7.84. The lowest BCUT2D eigenvalue weighted by atomic mass is 9.45. The summed E-state index contributed by atoms with van der Waals surface area (Å²) in [4.78, 5) is 36.7. The quantitative estimate of drug-likeness (QED) is 0.731. The minimum absolute atomic E-state index is 0.150. The van der Waals surface area contributed by atoms with Gasteiger partial charge in [-0.25, -0.2) is 0 Å². The van der Waals surface area contributed by atoms with Crippen LogP contribution in [0.1, 0.15) is 64.7 Å². The number of rotatable bonds is 2. The van der Waals surface area contributed by atoms with Crippen LogP contribution in [0.2, 0.25) is 0 Å². The van der Waals surface area contributed by atoms with Crippen LogP contribution in [-0.2, 0) is 14.4 Å². The summed E-state index contributed by atoms with van der Waals surface area (Å²) in [5, 5.41) is 0. The molecule has 5 unspecified atom stereocenters. The zero-order chi connectivity index (χ0) is 16.2. The van der Waals surface area contributed by atoms with Gasteiger partial charge in [0.05, 0.1) is 0 Å². The van der Waals surface area contributed by atoms with Gasteiger partial charge in [0.1, 0.15) is 12.1 Å². The van der Waals surface area contributed by atoms with Crippen molar-refractivity contribution in [1.82, 2.24) is 0 Å². The maximum atomic E-state index is 12.6. The van der Waals surface area contributed by atoms with Gasteiger partial charge in [-0.1, -0.05) is 12.5 Å². The van der Waals surface area contributed by atoms with Gasteiger partial charge in [0.2, 0.25) is 0 Å². The lowest BCUT2D eigenvalue weighted by Crippen LogP contribution is -2.55. The number of carbonyl (C=O) groups excluding carboxylic acids is 3. The minimum atomic E-state index is -0.307. The molecule has 5 atom stereocenters. The summed E-state index contributed by atoms with van der Waals surface area (Å²) in [5.41, 5.74) is 0.764. The minimum Gasteiger partial charge on any atom is -0.303 e. The zero-order valence-electron chi connectivity index (χ0n) is 14.0. The fourth-order valence-electron chi connectivity index (χ4n) is 6.73. The summed E-state index contributed by atoms with van der Waals surface area (Å²) in [6.07, 6.45) is 10.7. The Labute approximate surface area is 137 Å². The second-order valence-corrected chi connectivity index (χ2v) is 8.23. The van der Waals surface area contributed by atoms with Crippen molar-refractivity contribution in [2.24, 2.45) is 28.6 Å². The summed E-state index contributed by atoms with van der Waals surface area (Å²) in [7, 11) is 0. The summed E-state index contributed by atoms with van der Waals surface area (Å²) < 4.78 is 0. The number of hydrogen-bond acceptors (Lipinski definition) is 3. The normalized spacial score (nSPS) is 45.8. The number of allylic oxidation sites excluding steroid dienone is 1. The Morgan fingerprint density at radius 2 is 1.87 bits per heavy atom. The van der Waals surface area contributed by atoms with Gasteiger partial charge >= 0.3 is 0 Å². The Morgan fingerprint density at radius 1 is 1.09 bits per heavy atom. The van der Waals surface area contributed by atoms with Crippen LogP contribution in [-0.4, -0.2) is 17.9 Å². The van der Waals surface area contributed by atoms with Crippen LogP contribution in [0.5, 0.6) is 0 Å². The van der Waals surface area contributed by atoms with Crippen molar-refractivity contribution in [3.63, 3.8) is 0 Å². The van der Waals surface area contributed by atoms with Crippen molar-refractivity contribution in [2.45, 2.75) is 64.7 Å². The second kappa shape index (κ2) is 5.12. The Hall–Kier alpha value is -1.25. The number of aldehydes is 1. The summed E-state index contributed by atoms with van der Waals surface area (Å²) >= 11 is 0. The van der Waals surface area contributed by atoms with Crippen LogP contribution in [0.25, 0.3) is 0 Å². The van der Waals surface area contributed by atoms with E-state index in [0.717, 1.165) is 44.9 Å². The van der Waals surface area contributed by atoms with Gasteiger partial charge in [-0.15, -0.1) is 0 Å². The molecule has 0 N–H and O–H groups in total. The third-order valence-electron chi connectivity index (χ3n) is 7.84. The molecule has 0 aliphatic heterocycles. The van der Waals surface area contributed by atoms with Gasteiger partial charge < -0.3 is 4.79 Å². The number of carbonyl (C=O) groups is 3. The summed E-state index contributed by atoms with van der Waals surface area (Å²) in [6, 6.07) is 0. The lowest BCUT2D eigenvalue weighted by Gasteiger charge is -2.58. The topological polar surface area (TPSA) is 51.2 Å². The maximum absolute atomic E-state index is 12.6. The molecule has 3 fully saturated rings. The molecule has 0 saturated heterocycles. The molecule has 0 aromatic heterocycles. The molecule has 3 heteroatoms. The first-order valence-corrected chi connectivity index (χ1v) is 9.30. The summed E-state index contributed by atoms with van der Waals surface area (Å²) in [6.45, 7) is 2.15.